The summed E-state index contributed by atoms with van der Waals surface area (Å²) in [7, 11) is 1.61. The SMILES string of the molecule is COc1cc(NC(C)=O)ccc1NC1CCCC(C#N)C1. The van der Waals surface area contributed by atoms with E-state index >= 15 is 0 Å². The molecular weight excluding hydrogens is 266 g/mol. The van der Waals surface area contributed by atoms with Gasteiger partial charge in [0, 0.05) is 30.6 Å². The molecule has 2 rings (SSSR count). The van der Waals surface area contributed by atoms with E-state index in [0.717, 1.165) is 31.4 Å². The molecule has 1 aliphatic rings. The van der Waals surface area contributed by atoms with Crippen molar-refractivity contribution in [2.45, 2.75) is 38.6 Å². The van der Waals surface area contributed by atoms with Gasteiger partial charge in [0.05, 0.1) is 18.9 Å². The number of hydrogen-bond donors (Lipinski definition) is 2. The highest BCUT2D eigenvalue weighted by atomic mass is 16.5. The van der Waals surface area contributed by atoms with Crippen molar-refractivity contribution in [2.75, 3.05) is 17.7 Å². The maximum absolute atomic E-state index is 11.1. The standard InChI is InChI=1S/C16H21N3O2/c1-11(20)18-14-6-7-15(16(9-14)21-2)19-13-5-3-4-12(8-13)10-17/h6-7,9,12-13,19H,3-5,8H2,1-2H3,(H,18,20). The second-order valence-electron chi connectivity index (χ2n) is 5.43. The molecular formula is C16H21N3O2. The molecule has 1 amide bonds. The first-order valence-corrected chi connectivity index (χ1v) is 7.24. The second-order valence-corrected chi connectivity index (χ2v) is 5.43. The fourth-order valence-electron chi connectivity index (χ4n) is 2.75. The zero-order valence-electron chi connectivity index (χ0n) is 12.5. The monoisotopic (exact) mass is 287 g/mol. The molecule has 112 valence electrons. The van der Waals surface area contributed by atoms with Crippen molar-refractivity contribution in [1.29, 1.82) is 5.26 Å². The third kappa shape index (κ3) is 4.12. The van der Waals surface area contributed by atoms with Crippen LogP contribution in [0.4, 0.5) is 11.4 Å². The Balaban J connectivity index is 2.09. The fourth-order valence-corrected chi connectivity index (χ4v) is 2.75. The number of amides is 1. The van der Waals surface area contributed by atoms with Gasteiger partial charge in [0.1, 0.15) is 5.75 Å². The van der Waals surface area contributed by atoms with Crippen molar-refractivity contribution >= 4 is 17.3 Å². The third-order valence-electron chi connectivity index (χ3n) is 3.74. The third-order valence-corrected chi connectivity index (χ3v) is 3.74. The van der Waals surface area contributed by atoms with Gasteiger partial charge in [-0.25, -0.2) is 0 Å². The maximum atomic E-state index is 11.1. The van der Waals surface area contributed by atoms with Gasteiger partial charge in [0.2, 0.25) is 5.91 Å². The van der Waals surface area contributed by atoms with Crippen LogP contribution in [0.25, 0.3) is 0 Å². The number of nitrogens with one attached hydrogen (secondary N) is 2. The van der Waals surface area contributed by atoms with Crippen LogP contribution in [0.1, 0.15) is 32.6 Å². The number of methoxy groups -OCH3 is 1. The van der Waals surface area contributed by atoms with Crippen molar-refractivity contribution in [3.05, 3.63) is 18.2 Å². The Labute approximate surface area is 125 Å². The zero-order chi connectivity index (χ0) is 15.2. The van der Waals surface area contributed by atoms with Crippen molar-refractivity contribution in [2.24, 2.45) is 5.92 Å². The van der Waals surface area contributed by atoms with Crippen LogP contribution in [0.5, 0.6) is 5.75 Å². The van der Waals surface area contributed by atoms with Crippen molar-refractivity contribution < 1.29 is 9.53 Å². The lowest BCUT2D eigenvalue weighted by atomic mass is 9.86. The minimum absolute atomic E-state index is 0.109. The Morgan fingerprint density at radius 1 is 1.43 bits per heavy atom. The number of hydrogen-bond acceptors (Lipinski definition) is 4. The minimum Gasteiger partial charge on any atom is -0.495 e. The van der Waals surface area contributed by atoms with Crippen LogP contribution in [0, 0.1) is 17.2 Å². The summed E-state index contributed by atoms with van der Waals surface area (Å²) in [5, 5.41) is 15.2. The molecule has 21 heavy (non-hydrogen) atoms. The summed E-state index contributed by atoms with van der Waals surface area (Å²) in [4.78, 5) is 11.1. The molecule has 1 fully saturated rings. The summed E-state index contributed by atoms with van der Waals surface area (Å²) in [6, 6.07) is 8.20. The fraction of sp³-hybridized carbons (Fsp3) is 0.500. The largest absolute Gasteiger partial charge is 0.495 e. The number of nitrogens with zero attached hydrogens (tertiary/aromatic N) is 1. The van der Waals surface area contributed by atoms with Gasteiger partial charge in [-0.3, -0.25) is 4.79 Å². The summed E-state index contributed by atoms with van der Waals surface area (Å²) in [5.74, 6) is 0.725. The number of rotatable bonds is 4. The molecule has 1 aromatic carbocycles. The lowest BCUT2D eigenvalue weighted by molar-refractivity contribution is -0.114. The number of anilines is 2. The Kier molecular flexibility index (Phi) is 5.04. The Bertz CT molecular complexity index is 551. The molecule has 2 atom stereocenters. The number of nitriles is 1. The van der Waals surface area contributed by atoms with E-state index in [1.807, 2.05) is 12.1 Å². The second kappa shape index (κ2) is 6.98. The van der Waals surface area contributed by atoms with Crippen LogP contribution in [0.3, 0.4) is 0 Å². The molecule has 1 saturated carbocycles. The van der Waals surface area contributed by atoms with E-state index in [0.29, 0.717) is 17.5 Å². The first-order chi connectivity index (χ1) is 10.1. The zero-order valence-corrected chi connectivity index (χ0v) is 12.5. The molecule has 0 saturated heterocycles. The molecule has 0 spiro atoms. The predicted octanol–water partition coefficient (Wildman–Crippen LogP) is 3.15. The molecule has 0 heterocycles. The quantitative estimate of drug-likeness (QED) is 0.892. The van der Waals surface area contributed by atoms with Gasteiger partial charge in [-0.1, -0.05) is 6.42 Å². The number of ether oxygens (including phenoxy) is 1. The van der Waals surface area contributed by atoms with Crippen LogP contribution in [-0.4, -0.2) is 19.1 Å². The van der Waals surface area contributed by atoms with E-state index in [1.165, 1.54) is 6.92 Å². The summed E-state index contributed by atoms with van der Waals surface area (Å²) in [6.45, 7) is 1.47. The highest BCUT2D eigenvalue weighted by molar-refractivity contribution is 5.89. The van der Waals surface area contributed by atoms with Crippen LogP contribution in [0.15, 0.2) is 18.2 Å². The highest BCUT2D eigenvalue weighted by Gasteiger charge is 2.22. The molecule has 1 aliphatic carbocycles. The molecule has 5 heteroatoms. The van der Waals surface area contributed by atoms with E-state index in [1.54, 1.807) is 13.2 Å². The summed E-state index contributed by atoms with van der Waals surface area (Å²) < 4.78 is 5.38. The Hall–Kier alpha value is -2.22. The summed E-state index contributed by atoms with van der Waals surface area (Å²) >= 11 is 0. The lowest BCUT2D eigenvalue weighted by Crippen LogP contribution is -2.26. The average Bonchev–Trinajstić information content (AvgIpc) is 2.48. The van der Waals surface area contributed by atoms with Crippen LogP contribution in [0.2, 0.25) is 0 Å². The van der Waals surface area contributed by atoms with Crippen LogP contribution >= 0.6 is 0 Å². The van der Waals surface area contributed by atoms with Crippen molar-refractivity contribution in [3.8, 4) is 11.8 Å². The van der Waals surface area contributed by atoms with E-state index in [-0.39, 0.29) is 11.8 Å². The predicted molar refractivity (Wildman–Crippen MR) is 82.3 cm³/mol. The number of benzene rings is 1. The van der Waals surface area contributed by atoms with Gasteiger partial charge >= 0.3 is 0 Å². The summed E-state index contributed by atoms with van der Waals surface area (Å²) in [6.07, 6.45) is 4.00. The van der Waals surface area contributed by atoms with Gasteiger partial charge in [-0.15, -0.1) is 0 Å². The van der Waals surface area contributed by atoms with E-state index in [9.17, 15) is 4.79 Å². The first kappa shape index (κ1) is 15.2. The topological polar surface area (TPSA) is 74.2 Å². The molecule has 2 unspecified atom stereocenters. The van der Waals surface area contributed by atoms with Gasteiger partial charge in [0.15, 0.2) is 0 Å². The normalized spacial score (nSPS) is 21.2. The molecule has 2 N–H and O–H groups in total. The minimum atomic E-state index is -0.109. The number of carbonyl (C=O) groups excluding carboxylic acids is 1. The van der Waals surface area contributed by atoms with E-state index < -0.39 is 0 Å². The average molecular weight is 287 g/mol. The van der Waals surface area contributed by atoms with Crippen LogP contribution in [-0.2, 0) is 4.79 Å². The van der Waals surface area contributed by atoms with Crippen molar-refractivity contribution in [3.63, 3.8) is 0 Å². The molecule has 1 aromatic rings. The molecule has 5 nitrogen and oxygen atoms in total. The smallest absolute Gasteiger partial charge is 0.221 e. The van der Waals surface area contributed by atoms with E-state index in [2.05, 4.69) is 16.7 Å². The molecule has 0 bridgehead atoms. The molecule has 0 radical (unpaired) electrons. The maximum Gasteiger partial charge on any atom is 0.221 e. The summed E-state index contributed by atoms with van der Waals surface area (Å²) in [5.41, 5.74) is 1.61. The first-order valence-electron chi connectivity index (χ1n) is 7.24. The Morgan fingerprint density at radius 3 is 2.90 bits per heavy atom. The van der Waals surface area contributed by atoms with Gasteiger partial charge in [-0.2, -0.15) is 5.26 Å². The van der Waals surface area contributed by atoms with Crippen molar-refractivity contribution in [1.82, 2.24) is 0 Å². The number of carbonyl (C=O) groups is 1. The molecule has 0 aliphatic heterocycles. The van der Waals surface area contributed by atoms with Crippen LogP contribution < -0.4 is 15.4 Å². The van der Waals surface area contributed by atoms with Gasteiger partial charge in [0.25, 0.3) is 0 Å². The molecule has 0 aromatic heterocycles. The Morgan fingerprint density at radius 2 is 2.24 bits per heavy atom. The lowest BCUT2D eigenvalue weighted by Gasteiger charge is -2.27. The highest BCUT2D eigenvalue weighted by Crippen LogP contribution is 2.32. The van der Waals surface area contributed by atoms with Gasteiger partial charge < -0.3 is 15.4 Å². The van der Waals surface area contributed by atoms with Gasteiger partial charge in [-0.05, 0) is 31.4 Å². The van der Waals surface area contributed by atoms with E-state index in [4.69, 9.17) is 10.00 Å².